The summed E-state index contributed by atoms with van der Waals surface area (Å²) in [5.41, 5.74) is 5.83. The Kier molecular flexibility index (Phi) is 4.18. The van der Waals surface area contributed by atoms with E-state index in [0.29, 0.717) is 10.8 Å². The summed E-state index contributed by atoms with van der Waals surface area (Å²) in [7, 11) is 2.03. The monoisotopic (exact) mass is 425 g/mol. The van der Waals surface area contributed by atoms with E-state index < -0.39 is 0 Å². The second-order valence-electron chi connectivity index (χ2n) is 8.10. The van der Waals surface area contributed by atoms with Gasteiger partial charge in [0.15, 0.2) is 0 Å². The van der Waals surface area contributed by atoms with Gasteiger partial charge in [-0.1, -0.05) is 48.0 Å². The van der Waals surface area contributed by atoms with Crippen molar-refractivity contribution in [1.82, 2.24) is 19.6 Å². The van der Waals surface area contributed by atoms with Gasteiger partial charge in [0.05, 0.1) is 5.52 Å². The molecule has 5 nitrogen and oxygen atoms in total. The fraction of sp³-hybridized carbons (Fsp3) is 0.160. The average molecular weight is 426 g/mol. The van der Waals surface area contributed by atoms with Crippen LogP contribution < -0.4 is 4.90 Å². The Hall–Kier alpha value is -3.44. The van der Waals surface area contributed by atoms with Gasteiger partial charge in [0.1, 0.15) is 12.1 Å². The van der Waals surface area contributed by atoms with Crippen molar-refractivity contribution >= 4 is 39.8 Å². The largest absolute Gasteiger partial charge is 0.329 e. The first-order chi connectivity index (χ1) is 15.2. The maximum atomic E-state index is 6.27. The third kappa shape index (κ3) is 3.22. The molecular formula is C25H20ClN5. The minimum atomic E-state index is 0.545. The molecule has 0 amide bonds. The van der Waals surface area contributed by atoms with E-state index in [9.17, 15) is 0 Å². The van der Waals surface area contributed by atoms with E-state index in [1.807, 2.05) is 29.6 Å². The Morgan fingerprint density at radius 3 is 2.61 bits per heavy atom. The predicted octanol–water partition coefficient (Wildman–Crippen LogP) is 6.24. The molecule has 1 aliphatic carbocycles. The molecule has 0 saturated heterocycles. The van der Waals surface area contributed by atoms with Crippen molar-refractivity contribution in [1.29, 1.82) is 0 Å². The van der Waals surface area contributed by atoms with Crippen LogP contribution in [0.2, 0.25) is 5.02 Å². The van der Waals surface area contributed by atoms with Gasteiger partial charge in [-0.05, 0) is 65.8 Å². The van der Waals surface area contributed by atoms with Crippen LogP contribution in [0, 0.1) is 0 Å². The number of nitrogens with zero attached hydrogens (tertiary/aromatic N) is 5. The summed E-state index contributed by atoms with van der Waals surface area (Å²) < 4.78 is 1.86. The van der Waals surface area contributed by atoms with Gasteiger partial charge in [-0.2, -0.15) is 4.98 Å². The number of fused-ring (bicyclic) bond motifs is 3. The van der Waals surface area contributed by atoms with Crippen molar-refractivity contribution in [2.24, 2.45) is 0 Å². The molecule has 0 spiro atoms. The summed E-state index contributed by atoms with van der Waals surface area (Å²) in [6.45, 7) is 0. The Balaban J connectivity index is 1.43. The first-order valence-electron chi connectivity index (χ1n) is 10.4. The van der Waals surface area contributed by atoms with Crippen LogP contribution in [0.4, 0.5) is 11.5 Å². The quantitative estimate of drug-likeness (QED) is 0.341. The van der Waals surface area contributed by atoms with Crippen LogP contribution >= 0.6 is 11.6 Å². The molecule has 0 radical (unpaired) electrons. The molecule has 2 heterocycles. The van der Waals surface area contributed by atoms with Gasteiger partial charge >= 0.3 is 0 Å². The Morgan fingerprint density at radius 2 is 1.81 bits per heavy atom. The van der Waals surface area contributed by atoms with Crippen molar-refractivity contribution in [2.45, 2.75) is 18.8 Å². The van der Waals surface area contributed by atoms with Gasteiger partial charge in [0.2, 0.25) is 0 Å². The molecule has 1 aliphatic rings. The van der Waals surface area contributed by atoms with Crippen molar-refractivity contribution in [3.8, 4) is 11.1 Å². The number of anilines is 2. The first-order valence-corrected chi connectivity index (χ1v) is 10.8. The average Bonchev–Trinajstić information content (AvgIpc) is 3.55. The molecular weight excluding hydrogens is 406 g/mol. The Labute approximate surface area is 184 Å². The van der Waals surface area contributed by atoms with Gasteiger partial charge in [-0.15, -0.1) is 10.2 Å². The number of halogens is 1. The molecule has 0 atom stereocenters. The minimum absolute atomic E-state index is 0.545. The summed E-state index contributed by atoms with van der Waals surface area (Å²) >= 11 is 6.27. The topological polar surface area (TPSA) is 46.3 Å². The molecule has 0 N–H and O–H groups in total. The van der Waals surface area contributed by atoms with Crippen molar-refractivity contribution in [3.63, 3.8) is 0 Å². The molecule has 0 unspecified atom stereocenters. The van der Waals surface area contributed by atoms with Crippen LogP contribution in [-0.2, 0) is 0 Å². The Morgan fingerprint density at radius 1 is 0.968 bits per heavy atom. The molecule has 3 aromatic carbocycles. The van der Waals surface area contributed by atoms with Crippen LogP contribution in [0.25, 0.3) is 27.8 Å². The smallest absolute Gasteiger partial charge is 0.257 e. The second kappa shape index (κ2) is 7.06. The molecule has 1 saturated carbocycles. The number of benzene rings is 3. The molecule has 152 valence electrons. The molecule has 5 aromatic rings. The van der Waals surface area contributed by atoms with E-state index in [2.05, 4.69) is 63.6 Å². The summed E-state index contributed by atoms with van der Waals surface area (Å²) in [4.78, 5) is 6.87. The highest BCUT2D eigenvalue weighted by Gasteiger charge is 2.23. The van der Waals surface area contributed by atoms with Gasteiger partial charge in [0, 0.05) is 23.1 Å². The lowest BCUT2D eigenvalue weighted by atomic mass is 10.0. The van der Waals surface area contributed by atoms with Crippen LogP contribution in [0.1, 0.15) is 24.3 Å². The van der Waals surface area contributed by atoms with Crippen molar-refractivity contribution < 1.29 is 0 Å². The molecule has 0 bridgehead atoms. The molecule has 0 aliphatic heterocycles. The van der Waals surface area contributed by atoms with E-state index >= 15 is 0 Å². The maximum absolute atomic E-state index is 6.27. The van der Waals surface area contributed by atoms with Crippen LogP contribution in [-0.4, -0.2) is 26.6 Å². The highest BCUT2D eigenvalue weighted by Crippen LogP contribution is 2.40. The van der Waals surface area contributed by atoms with Gasteiger partial charge < -0.3 is 4.90 Å². The minimum Gasteiger partial charge on any atom is -0.329 e. The summed E-state index contributed by atoms with van der Waals surface area (Å²) in [6, 6.07) is 23.3. The van der Waals surface area contributed by atoms with Crippen LogP contribution in [0.3, 0.4) is 0 Å². The van der Waals surface area contributed by atoms with Crippen LogP contribution in [0.15, 0.2) is 73.1 Å². The fourth-order valence-electron chi connectivity index (χ4n) is 4.16. The third-order valence-electron chi connectivity index (χ3n) is 6.04. The highest BCUT2D eigenvalue weighted by atomic mass is 35.5. The standard InChI is InChI=1S/C25H20ClN5/c1-30(24-22-12-11-20(26)14-23(22)31-15-27-29-25(31)28-24)21-4-2-3-19(13-21)18-9-7-17(8-10-18)16-5-6-16/h2-4,7-16H,5-6H2,1H3. The summed E-state index contributed by atoms with van der Waals surface area (Å²) in [5.74, 6) is 2.13. The van der Waals surface area contributed by atoms with Crippen LogP contribution in [0.5, 0.6) is 0 Å². The predicted molar refractivity (Wildman–Crippen MR) is 125 cm³/mol. The number of hydrogen-bond donors (Lipinski definition) is 0. The first kappa shape index (κ1) is 18.3. The van der Waals surface area contributed by atoms with Crippen molar-refractivity contribution in [3.05, 3.63) is 83.6 Å². The zero-order chi connectivity index (χ0) is 20.9. The van der Waals surface area contributed by atoms with Gasteiger partial charge in [-0.25, -0.2) is 0 Å². The van der Waals surface area contributed by atoms with Gasteiger partial charge in [0.25, 0.3) is 5.78 Å². The lowest BCUT2D eigenvalue weighted by Crippen LogP contribution is -2.13. The van der Waals surface area contributed by atoms with E-state index in [0.717, 1.165) is 28.3 Å². The molecule has 6 rings (SSSR count). The zero-order valence-electron chi connectivity index (χ0n) is 17.0. The Bertz CT molecular complexity index is 1420. The van der Waals surface area contributed by atoms with E-state index in [1.54, 1.807) is 6.33 Å². The second-order valence-corrected chi connectivity index (χ2v) is 8.54. The lowest BCUT2D eigenvalue weighted by Gasteiger charge is -2.21. The molecule has 2 aromatic heterocycles. The molecule has 31 heavy (non-hydrogen) atoms. The van der Waals surface area contributed by atoms with E-state index in [-0.39, 0.29) is 0 Å². The third-order valence-corrected chi connectivity index (χ3v) is 6.27. The molecule has 1 fully saturated rings. The molecule has 6 heteroatoms. The lowest BCUT2D eigenvalue weighted by molar-refractivity contribution is 1.08. The van der Waals surface area contributed by atoms with E-state index in [1.165, 1.54) is 29.5 Å². The SMILES string of the molecule is CN(c1cccc(-c2ccc(C3CC3)cc2)c1)c1nc2nncn2c2cc(Cl)ccc12. The summed E-state index contributed by atoms with van der Waals surface area (Å²) in [6.07, 6.45) is 4.31. The van der Waals surface area contributed by atoms with E-state index in [4.69, 9.17) is 16.6 Å². The number of rotatable bonds is 4. The summed E-state index contributed by atoms with van der Waals surface area (Å²) in [5, 5.41) is 9.83. The number of aromatic nitrogens is 4. The maximum Gasteiger partial charge on any atom is 0.257 e. The van der Waals surface area contributed by atoms with Gasteiger partial charge in [-0.3, -0.25) is 4.40 Å². The highest BCUT2D eigenvalue weighted by molar-refractivity contribution is 6.31. The fourth-order valence-corrected chi connectivity index (χ4v) is 4.33. The van der Waals surface area contributed by atoms with Crippen molar-refractivity contribution in [2.75, 3.05) is 11.9 Å². The zero-order valence-corrected chi connectivity index (χ0v) is 17.8. The number of hydrogen-bond acceptors (Lipinski definition) is 4. The normalized spacial score (nSPS) is 13.7.